The Hall–Kier alpha value is -0.207. The molecule has 0 fully saturated rings. The molecule has 0 aromatic heterocycles. The summed E-state index contributed by atoms with van der Waals surface area (Å²) in [5.74, 6) is -0.128. The smallest absolute Gasteiger partial charge is 0.164 e. The van der Waals surface area contributed by atoms with E-state index in [1.54, 1.807) is 27.7 Å². The van der Waals surface area contributed by atoms with Gasteiger partial charge in [-0.05, 0) is 6.92 Å². The van der Waals surface area contributed by atoms with Crippen LogP contribution in [0.25, 0.3) is 0 Å². The van der Waals surface area contributed by atoms with Crippen LogP contribution in [0.15, 0.2) is 11.8 Å². The van der Waals surface area contributed by atoms with Crippen LogP contribution < -0.4 is 0 Å². The molecule has 0 saturated carbocycles. The Kier molecular flexibility index (Phi) is 7.32. The molecular weight excluding hydrogens is 269 g/mol. The second kappa shape index (κ2) is 6.31. The van der Waals surface area contributed by atoms with Gasteiger partial charge in [-0.15, -0.1) is 0 Å². The van der Waals surface area contributed by atoms with Crippen molar-refractivity contribution in [2.45, 2.75) is 33.8 Å². The zero-order valence-electron chi connectivity index (χ0n) is 9.27. The molecule has 0 aliphatic carbocycles. The molecule has 0 aliphatic rings. The van der Waals surface area contributed by atoms with E-state index in [0.29, 0.717) is 0 Å². The van der Waals surface area contributed by atoms with Crippen molar-refractivity contribution in [1.29, 1.82) is 0 Å². The van der Waals surface area contributed by atoms with Crippen LogP contribution in [0.1, 0.15) is 27.7 Å². The molecule has 0 rings (SSSR count). The summed E-state index contributed by atoms with van der Waals surface area (Å²) in [6, 6.07) is 0. The predicted molar refractivity (Wildman–Crippen MR) is 51.6 cm³/mol. The summed E-state index contributed by atoms with van der Waals surface area (Å²) in [5.41, 5.74) is -0.457. The molecule has 84 valence electrons. The van der Waals surface area contributed by atoms with E-state index in [9.17, 15) is 9.90 Å². The topological polar surface area (TPSA) is 46.5 Å². The molecule has 0 heterocycles. The summed E-state index contributed by atoms with van der Waals surface area (Å²) >= 11 is 0. The fourth-order valence-corrected chi connectivity index (χ4v) is 0.589. The monoisotopic (exact) mass is 288 g/mol. The quantitative estimate of drug-likeness (QED) is 0.491. The molecule has 4 heteroatoms. The summed E-state index contributed by atoms with van der Waals surface area (Å²) in [4.78, 5) is 11.4. The standard InChI is InChI=1S/C10H18O3.Ru/c1-7(13-5)8(11)6-9(12)10(2,3)4;/h6-7,11H,1-5H3;/b8-6-;. The summed E-state index contributed by atoms with van der Waals surface area (Å²) in [6.07, 6.45) is 0.806. The van der Waals surface area contributed by atoms with Crippen molar-refractivity contribution in [3.05, 3.63) is 11.8 Å². The Morgan fingerprint density at radius 3 is 2.14 bits per heavy atom. The number of ether oxygens (including phenoxy) is 1. The Morgan fingerprint density at radius 1 is 1.43 bits per heavy atom. The molecular formula is C10H18O3Ru. The van der Waals surface area contributed by atoms with E-state index in [2.05, 4.69) is 0 Å². The summed E-state index contributed by atoms with van der Waals surface area (Å²) in [7, 11) is 1.48. The molecule has 0 radical (unpaired) electrons. The van der Waals surface area contributed by atoms with Crippen LogP contribution in [0, 0.1) is 5.41 Å². The Morgan fingerprint density at radius 2 is 1.86 bits per heavy atom. The summed E-state index contributed by atoms with van der Waals surface area (Å²) in [5, 5.41) is 9.37. The van der Waals surface area contributed by atoms with Gasteiger partial charge in [0.2, 0.25) is 0 Å². The first-order valence-electron chi connectivity index (χ1n) is 4.27. The fourth-order valence-electron chi connectivity index (χ4n) is 0.589. The molecule has 0 amide bonds. The van der Waals surface area contributed by atoms with E-state index >= 15 is 0 Å². The minimum Gasteiger partial charge on any atom is -0.509 e. The average molecular weight is 287 g/mol. The predicted octanol–water partition coefficient (Wildman–Crippen LogP) is 2.08. The molecule has 1 atom stereocenters. The zero-order chi connectivity index (χ0) is 10.6. The van der Waals surface area contributed by atoms with Crippen LogP contribution >= 0.6 is 0 Å². The molecule has 1 N–H and O–H groups in total. The largest absolute Gasteiger partial charge is 0.509 e. The number of ketones is 1. The number of allylic oxidation sites excluding steroid dienone is 1. The number of carbonyl (C=O) groups is 1. The molecule has 3 nitrogen and oxygen atoms in total. The van der Waals surface area contributed by atoms with Gasteiger partial charge in [0.05, 0.1) is 0 Å². The van der Waals surface area contributed by atoms with E-state index in [1.165, 1.54) is 13.2 Å². The maximum Gasteiger partial charge on any atom is 0.164 e. The van der Waals surface area contributed by atoms with Crippen molar-refractivity contribution >= 4 is 5.78 Å². The number of methoxy groups -OCH3 is 1. The summed E-state index contributed by atoms with van der Waals surface area (Å²) in [6.45, 7) is 7.09. The van der Waals surface area contributed by atoms with E-state index in [-0.39, 0.29) is 31.0 Å². The minimum absolute atomic E-state index is 0. The number of carbonyl (C=O) groups excluding carboxylic acids is 1. The maximum absolute atomic E-state index is 11.4. The number of rotatable bonds is 3. The summed E-state index contributed by atoms with van der Waals surface area (Å²) < 4.78 is 4.85. The van der Waals surface area contributed by atoms with Gasteiger partial charge in [-0.25, -0.2) is 0 Å². The van der Waals surface area contributed by atoms with Gasteiger partial charge in [-0.2, -0.15) is 0 Å². The van der Waals surface area contributed by atoms with E-state index in [4.69, 9.17) is 4.74 Å². The number of hydrogen-bond donors (Lipinski definition) is 1. The van der Waals surface area contributed by atoms with Crippen LogP contribution in [-0.4, -0.2) is 24.1 Å². The van der Waals surface area contributed by atoms with Crippen molar-refractivity contribution < 1.29 is 34.1 Å². The molecule has 14 heavy (non-hydrogen) atoms. The van der Waals surface area contributed by atoms with Crippen LogP contribution in [-0.2, 0) is 29.0 Å². The van der Waals surface area contributed by atoms with Gasteiger partial charge in [-0.3, -0.25) is 4.79 Å². The third kappa shape index (κ3) is 5.51. The van der Waals surface area contributed by atoms with Crippen molar-refractivity contribution in [2.24, 2.45) is 5.41 Å². The Bertz CT molecular complexity index is 216. The zero-order valence-corrected chi connectivity index (χ0v) is 11.0. The normalized spacial score (nSPS) is 14.5. The molecule has 0 aliphatic heterocycles. The van der Waals surface area contributed by atoms with Gasteiger partial charge < -0.3 is 9.84 Å². The third-order valence-corrected chi connectivity index (χ3v) is 1.79. The van der Waals surface area contributed by atoms with E-state index < -0.39 is 11.5 Å². The Balaban J connectivity index is 0. The fraction of sp³-hybridized carbons (Fsp3) is 0.700. The van der Waals surface area contributed by atoms with Crippen molar-refractivity contribution in [1.82, 2.24) is 0 Å². The van der Waals surface area contributed by atoms with Crippen LogP contribution in [0.3, 0.4) is 0 Å². The average Bonchev–Trinajstić information content (AvgIpc) is 2.01. The Labute approximate surface area is 98.3 Å². The van der Waals surface area contributed by atoms with Gasteiger partial charge in [0.15, 0.2) is 5.78 Å². The number of hydrogen-bond acceptors (Lipinski definition) is 3. The molecule has 0 bridgehead atoms. The van der Waals surface area contributed by atoms with Crippen LogP contribution in [0.4, 0.5) is 0 Å². The SMILES string of the molecule is COC(C)/C(O)=C/C(=O)C(C)(C)C.[Ru]. The first-order chi connectivity index (χ1) is 5.79. The first-order valence-corrected chi connectivity index (χ1v) is 4.27. The van der Waals surface area contributed by atoms with Crippen molar-refractivity contribution in [3.63, 3.8) is 0 Å². The van der Waals surface area contributed by atoms with E-state index in [0.717, 1.165) is 0 Å². The number of aliphatic hydroxyl groups excluding tert-OH is 1. The molecule has 1 unspecified atom stereocenters. The molecule has 0 spiro atoms. The maximum atomic E-state index is 11.4. The van der Waals surface area contributed by atoms with Gasteiger partial charge in [-0.1, -0.05) is 20.8 Å². The van der Waals surface area contributed by atoms with Gasteiger partial charge >= 0.3 is 0 Å². The van der Waals surface area contributed by atoms with Gasteiger partial charge in [0.1, 0.15) is 11.9 Å². The van der Waals surface area contributed by atoms with Crippen molar-refractivity contribution in [2.75, 3.05) is 7.11 Å². The van der Waals surface area contributed by atoms with Gasteiger partial charge in [0.25, 0.3) is 0 Å². The second-order valence-corrected chi connectivity index (χ2v) is 4.06. The molecule has 0 aromatic carbocycles. The third-order valence-electron chi connectivity index (χ3n) is 1.79. The van der Waals surface area contributed by atoms with E-state index in [1.807, 2.05) is 0 Å². The van der Waals surface area contributed by atoms with Crippen molar-refractivity contribution in [3.8, 4) is 0 Å². The molecule has 0 aromatic rings. The molecule has 0 saturated heterocycles. The van der Waals surface area contributed by atoms with Crippen LogP contribution in [0.2, 0.25) is 0 Å². The number of aliphatic hydroxyl groups is 1. The van der Waals surface area contributed by atoms with Crippen LogP contribution in [0.5, 0.6) is 0 Å². The minimum atomic E-state index is -0.457. The second-order valence-electron chi connectivity index (χ2n) is 4.06. The van der Waals surface area contributed by atoms with Gasteiger partial charge in [0, 0.05) is 38.1 Å². The first kappa shape index (κ1) is 16.2.